The largest absolute Gasteiger partial charge is 0.492 e. The lowest BCUT2D eigenvalue weighted by Crippen LogP contribution is -2.25. The number of pyridine rings is 3. The Bertz CT molecular complexity index is 1950. The van der Waals surface area contributed by atoms with Crippen LogP contribution in [0.5, 0.6) is 11.5 Å². The van der Waals surface area contributed by atoms with Crippen molar-refractivity contribution in [3.63, 3.8) is 0 Å². The van der Waals surface area contributed by atoms with Crippen molar-refractivity contribution in [3.8, 4) is 45.5 Å². The molecule has 0 bridgehead atoms. The molecule has 0 unspecified atom stereocenters. The van der Waals surface area contributed by atoms with Crippen LogP contribution in [0, 0.1) is 5.82 Å². The number of fused-ring (bicyclic) bond motifs is 2. The molecule has 1 aliphatic rings. The molecule has 12 heteroatoms. The van der Waals surface area contributed by atoms with E-state index in [1.165, 1.54) is 25.0 Å². The first-order valence-electron chi connectivity index (χ1n) is 15.1. The Morgan fingerprint density at radius 1 is 0.889 bits per heavy atom. The maximum absolute atomic E-state index is 14.8. The van der Waals surface area contributed by atoms with Gasteiger partial charge in [-0.1, -0.05) is 0 Å². The summed E-state index contributed by atoms with van der Waals surface area (Å²) in [4.78, 5) is 26.3. The monoisotopic (exact) mass is 607 g/mol. The predicted octanol–water partition coefficient (Wildman–Crippen LogP) is 5.18. The van der Waals surface area contributed by atoms with E-state index in [0.29, 0.717) is 53.0 Å². The van der Waals surface area contributed by atoms with Gasteiger partial charge < -0.3 is 19.4 Å². The van der Waals surface area contributed by atoms with Gasteiger partial charge in [0.2, 0.25) is 0 Å². The SMILES string of the molecule is CN(C)CCOc1cncc(-c2cc3c(-c4nc5c(-c6cc(F)cc(OCCN7CCCC7)c6)nccc5[nH]4)n[nH]c3cn2)c1. The minimum Gasteiger partial charge on any atom is -0.492 e. The quantitative estimate of drug-likeness (QED) is 0.205. The van der Waals surface area contributed by atoms with Crippen LogP contribution in [-0.4, -0.2) is 98.4 Å². The Labute approximate surface area is 259 Å². The summed E-state index contributed by atoms with van der Waals surface area (Å²) in [5.74, 6) is 1.32. The minimum atomic E-state index is -0.391. The van der Waals surface area contributed by atoms with Crippen LogP contribution in [0.3, 0.4) is 0 Å². The van der Waals surface area contributed by atoms with Gasteiger partial charge in [0, 0.05) is 48.1 Å². The Morgan fingerprint density at radius 3 is 2.60 bits per heavy atom. The maximum Gasteiger partial charge on any atom is 0.159 e. The highest BCUT2D eigenvalue weighted by Gasteiger charge is 2.18. The zero-order valence-electron chi connectivity index (χ0n) is 25.3. The number of benzene rings is 1. The highest BCUT2D eigenvalue weighted by molar-refractivity contribution is 5.97. The summed E-state index contributed by atoms with van der Waals surface area (Å²) in [6.07, 6.45) is 9.32. The van der Waals surface area contributed by atoms with Crippen molar-refractivity contribution in [3.05, 3.63) is 67.0 Å². The van der Waals surface area contributed by atoms with Crippen LogP contribution in [0.4, 0.5) is 4.39 Å². The van der Waals surface area contributed by atoms with Crippen molar-refractivity contribution in [1.82, 2.24) is 44.9 Å². The third-order valence-electron chi connectivity index (χ3n) is 7.91. The van der Waals surface area contributed by atoms with Gasteiger partial charge in [-0.3, -0.25) is 25.0 Å². The zero-order valence-corrected chi connectivity index (χ0v) is 25.3. The number of nitrogens with zero attached hydrogens (tertiary/aromatic N) is 7. The van der Waals surface area contributed by atoms with Gasteiger partial charge in [-0.15, -0.1) is 0 Å². The van der Waals surface area contributed by atoms with Gasteiger partial charge in [0.15, 0.2) is 5.82 Å². The molecule has 1 aromatic carbocycles. The third kappa shape index (κ3) is 6.33. The van der Waals surface area contributed by atoms with Gasteiger partial charge in [0.1, 0.15) is 41.7 Å². The van der Waals surface area contributed by atoms with Crippen molar-refractivity contribution >= 4 is 21.9 Å². The second kappa shape index (κ2) is 12.6. The number of nitrogens with one attached hydrogen (secondary N) is 2. The van der Waals surface area contributed by atoms with Crippen molar-refractivity contribution < 1.29 is 13.9 Å². The first-order chi connectivity index (χ1) is 22.0. The van der Waals surface area contributed by atoms with Crippen molar-refractivity contribution in [2.45, 2.75) is 12.8 Å². The molecule has 1 aliphatic heterocycles. The number of rotatable bonds is 11. The van der Waals surface area contributed by atoms with Gasteiger partial charge in [-0.25, -0.2) is 9.37 Å². The van der Waals surface area contributed by atoms with Crippen LogP contribution in [-0.2, 0) is 0 Å². The Hall–Kier alpha value is -4.94. The van der Waals surface area contributed by atoms with Gasteiger partial charge >= 0.3 is 0 Å². The van der Waals surface area contributed by atoms with Gasteiger partial charge in [0.05, 0.1) is 34.8 Å². The van der Waals surface area contributed by atoms with Crippen LogP contribution in [0.1, 0.15) is 12.8 Å². The number of hydrogen-bond acceptors (Lipinski definition) is 9. The molecule has 11 nitrogen and oxygen atoms in total. The third-order valence-corrected chi connectivity index (χ3v) is 7.91. The fourth-order valence-electron chi connectivity index (χ4n) is 5.58. The number of H-pyrrole nitrogens is 2. The van der Waals surface area contributed by atoms with E-state index in [2.05, 4.69) is 39.9 Å². The normalized spacial score (nSPS) is 13.8. The summed E-state index contributed by atoms with van der Waals surface area (Å²) in [6, 6.07) is 10.4. The summed E-state index contributed by atoms with van der Waals surface area (Å²) >= 11 is 0. The molecule has 45 heavy (non-hydrogen) atoms. The molecule has 0 spiro atoms. The molecule has 0 radical (unpaired) electrons. The second-order valence-corrected chi connectivity index (χ2v) is 11.5. The van der Waals surface area contributed by atoms with Crippen LogP contribution < -0.4 is 9.47 Å². The Kier molecular flexibility index (Phi) is 8.05. The number of likely N-dealkylation sites (N-methyl/N-ethyl adjacent to an activating group) is 1. The van der Waals surface area contributed by atoms with Crippen LogP contribution in [0.15, 0.2) is 61.2 Å². The lowest BCUT2D eigenvalue weighted by molar-refractivity contribution is 0.237. The summed E-state index contributed by atoms with van der Waals surface area (Å²) in [7, 11) is 4.01. The number of ether oxygens (including phenoxy) is 2. The predicted molar refractivity (Wildman–Crippen MR) is 171 cm³/mol. The zero-order chi connectivity index (χ0) is 30.8. The van der Waals surface area contributed by atoms with E-state index in [1.807, 2.05) is 38.4 Å². The van der Waals surface area contributed by atoms with Crippen LogP contribution >= 0.6 is 0 Å². The first-order valence-corrected chi connectivity index (χ1v) is 15.1. The molecule has 5 aromatic heterocycles. The highest BCUT2D eigenvalue weighted by Crippen LogP contribution is 2.33. The Balaban J connectivity index is 1.18. The molecule has 1 fully saturated rings. The smallest absolute Gasteiger partial charge is 0.159 e. The van der Waals surface area contributed by atoms with Crippen LogP contribution in [0.2, 0.25) is 0 Å². The number of aromatic amines is 2. The fraction of sp³-hybridized carbons (Fsp3) is 0.303. The summed E-state index contributed by atoms with van der Waals surface area (Å²) in [5.41, 5.74) is 5.46. The average Bonchev–Trinajstić information content (AvgIpc) is 3.80. The molecule has 7 rings (SSSR count). The first kappa shape index (κ1) is 28.8. The molecule has 1 saturated heterocycles. The molecule has 0 atom stereocenters. The van der Waals surface area contributed by atoms with E-state index in [4.69, 9.17) is 14.5 Å². The van der Waals surface area contributed by atoms with Crippen molar-refractivity contribution in [2.75, 3.05) is 53.5 Å². The lowest BCUT2D eigenvalue weighted by Gasteiger charge is -2.15. The van der Waals surface area contributed by atoms with E-state index < -0.39 is 5.82 Å². The van der Waals surface area contributed by atoms with Gasteiger partial charge in [0.25, 0.3) is 0 Å². The van der Waals surface area contributed by atoms with E-state index in [1.54, 1.807) is 24.8 Å². The number of imidazole rings is 1. The van der Waals surface area contributed by atoms with Gasteiger partial charge in [-0.2, -0.15) is 5.10 Å². The van der Waals surface area contributed by atoms with Gasteiger partial charge in [-0.05, 0) is 70.4 Å². The molecule has 6 aromatic rings. The van der Waals surface area contributed by atoms with E-state index in [0.717, 1.165) is 53.9 Å². The molecular formula is C33H34FN9O2. The fourth-order valence-corrected chi connectivity index (χ4v) is 5.58. The van der Waals surface area contributed by atoms with E-state index in [9.17, 15) is 4.39 Å². The number of halogens is 1. The standard InChI is InChI=1S/C33H34FN9O2/c1-42(2)9-11-45-25-15-22(18-35-19-25)28-17-26-29(20-37-28)40-41-31(26)33-38-27-5-6-36-30(32(27)39-33)21-13-23(34)16-24(14-21)44-12-10-43-7-3-4-8-43/h5-6,13-20H,3-4,7-12H2,1-2H3,(H,38,39)(H,40,41). The van der Waals surface area contributed by atoms with E-state index in [-0.39, 0.29) is 0 Å². The molecule has 0 aliphatic carbocycles. The number of likely N-dealkylation sites (tertiary alicyclic amines) is 1. The van der Waals surface area contributed by atoms with E-state index >= 15 is 0 Å². The summed E-state index contributed by atoms with van der Waals surface area (Å²) < 4.78 is 26.6. The average molecular weight is 608 g/mol. The molecule has 2 N–H and O–H groups in total. The summed E-state index contributed by atoms with van der Waals surface area (Å²) in [5, 5.41) is 8.46. The number of aromatic nitrogens is 7. The topological polar surface area (TPSA) is 121 Å². The summed E-state index contributed by atoms with van der Waals surface area (Å²) in [6.45, 7) is 4.86. The molecule has 230 valence electrons. The molecule has 0 saturated carbocycles. The van der Waals surface area contributed by atoms with Crippen molar-refractivity contribution in [2.24, 2.45) is 0 Å². The molecule has 6 heterocycles. The lowest BCUT2D eigenvalue weighted by atomic mass is 10.1. The molecule has 0 amide bonds. The minimum absolute atomic E-state index is 0.391. The van der Waals surface area contributed by atoms with Crippen LogP contribution in [0.25, 0.3) is 56.0 Å². The molecular weight excluding hydrogens is 573 g/mol. The second-order valence-electron chi connectivity index (χ2n) is 11.5. The number of hydrogen-bond donors (Lipinski definition) is 2. The highest BCUT2D eigenvalue weighted by atomic mass is 19.1. The maximum atomic E-state index is 14.8. The Morgan fingerprint density at radius 2 is 1.73 bits per heavy atom. The van der Waals surface area contributed by atoms with Crippen molar-refractivity contribution in [1.29, 1.82) is 0 Å².